The minimum absolute atomic E-state index is 0.228. The molecule has 4 heterocycles. The second kappa shape index (κ2) is 8.80. The first-order valence-corrected chi connectivity index (χ1v) is 11.1. The molecule has 1 aliphatic rings. The van der Waals surface area contributed by atoms with Crippen molar-refractivity contribution in [1.82, 2.24) is 24.6 Å². The van der Waals surface area contributed by atoms with Gasteiger partial charge in [-0.3, -0.25) is 14.5 Å². The molecule has 1 fully saturated rings. The second-order valence-corrected chi connectivity index (χ2v) is 8.58. The van der Waals surface area contributed by atoms with Crippen molar-refractivity contribution in [3.63, 3.8) is 0 Å². The van der Waals surface area contributed by atoms with Crippen LogP contribution in [0.2, 0.25) is 0 Å². The number of aromatic nitrogens is 4. The third-order valence-corrected chi connectivity index (χ3v) is 6.16. The molecule has 8 heteroatoms. The number of hydrogen-bond acceptors (Lipinski definition) is 5. The maximum absolute atomic E-state index is 13.1. The molecule has 2 N–H and O–H groups in total. The lowest BCUT2D eigenvalue weighted by Crippen LogP contribution is -2.48. The molecule has 8 nitrogen and oxygen atoms in total. The van der Waals surface area contributed by atoms with Crippen LogP contribution in [0, 0.1) is 6.92 Å². The van der Waals surface area contributed by atoms with Crippen LogP contribution in [0.3, 0.4) is 0 Å². The number of fused-ring (bicyclic) bond motifs is 1. The van der Waals surface area contributed by atoms with Crippen LogP contribution in [0.5, 0.6) is 0 Å². The van der Waals surface area contributed by atoms with E-state index in [1.54, 1.807) is 10.9 Å². The maximum atomic E-state index is 13.1. The number of aliphatic hydroxyl groups is 1. The van der Waals surface area contributed by atoms with Gasteiger partial charge in [0.1, 0.15) is 5.52 Å². The molecule has 0 spiro atoms. The average Bonchev–Trinajstić information content (AvgIpc) is 3.40. The standard InChI is InChI=1S/C25H27N5O3/c1-16-7-10-26-23-19(25(32)27-21-9-12-33-15-22(21)31)14-30(24(16)23)13-17-3-5-18(6-4-17)20-8-11-29(2)28-20/h3-8,10-11,14,21-22,31H,9,12-13,15H2,1-2H3,(H,27,32)/t21-,22-/m0/s1. The highest BCUT2D eigenvalue weighted by atomic mass is 16.5. The Morgan fingerprint density at radius 2 is 2.06 bits per heavy atom. The van der Waals surface area contributed by atoms with E-state index >= 15 is 0 Å². The lowest BCUT2D eigenvalue weighted by molar-refractivity contribution is -0.0260. The van der Waals surface area contributed by atoms with E-state index in [1.165, 1.54) is 0 Å². The molecule has 1 aromatic carbocycles. The first kappa shape index (κ1) is 21.4. The van der Waals surface area contributed by atoms with E-state index in [-0.39, 0.29) is 18.6 Å². The molecule has 0 radical (unpaired) electrons. The number of amides is 1. The lowest BCUT2D eigenvalue weighted by atomic mass is 10.1. The summed E-state index contributed by atoms with van der Waals surface area (Å²) in [6.45, 7) is 3.39. The molecule has 4 aromatic rings. The largest absolute Gasteiger partial charge is 0.389 e. The summed E-state index contributed by atoms with van der Waals surface area (Å²) in [4.78, 5) is 17.6. The Morgan fingerprint density at radius 1 is 1.24 bits per heavy atom. The average molecular weight is 446 g/mol. The van der Waals surface area contributed by atoms with Gasteiger partial charge in [-0.2, -0.15) is 5.10 Å². The van der Waals surface area contributed by atoms with E-state index < -0.39 is 6.10 Å². The van der Waals surface area contributed by atoms with E-state index in [0.717, 1.165) is 27.9 Å². The number of nitrogens with zero attached hydrogens (tertiary/aromatic N) is 4. The monoisotopic (exact) mass is 445 g/mol. The molecule has 0 aliphatic carbocycles. The summed E-state index contributed by atoms with van der Waals surface area (Å²) in [5.74, 6) is -0.228. The number of benzene rings is 1. The van der Waals surface area contributed by atoms with Crippen molar-refractivity contribution in [2.45, 2.75) is 32.0 Å². The molecular weight excluding hydrogens is 418 g/mol. The zero-order chi connectivity index (χ0) is 22.9. The SMILES string of the molecule is Cc1ccnc2c(C(=O)N[C@H]3CCOC[C@@H]3O)cn(Cc3ccc(-c4ccn(C)n4)cc3)c12. The molecular formula is C25H27N5O3. The highest BCUT2D eigenvalue weighted by Gasteiger charge is 2.27. The number of carbonyl (C=O) groups excluding carboxylic acids is 1. The summed E-state index contributed by atoms with van der Waals surface area (Å²) < 4.78 is 9.13. The fourth-order valence-electron chi connectivity index (χ4n) is 4.37. The number of hydrogen-bond donors (Lipinski definition) is 2. The predicted octanol–water partition coefficient (Wildman–Crippen LogP) is 2.67. The zero-order valence-corrected chi connectivity index (χ0v) is 18.7. The van der Waals surface area contributed by atoms with Crippen LogP contribution in [0.1, 0.15) is 27.9 Å². The minimum atomic E-state index is -0.705. The van der Waals surface area contributed by atoms with E-state index in [2.05, 4.69) is 44.2 Å². The van der Waals surface area contributed by atoms with E-state index in [4.69, 9.17) is 4.74 Å². The topological polar surface area (TPSA) is 94.2 Å². The third-order valence-electron chi connectivity index (χ3n) is 6.16. The Hall–Kier alpha value is -3.49. The summed E-state index contributed by atoms with van der Waals surface area (Å²) >= 11 is 0. The van der Waals surface area contributed by atoms with Crippen LogP contribution in [-0.2, 0) is 18.3 Å². The first-order chi connectivity index (χ1) is 16.0. The van der Waals surface area contributed by atoms with Crippen LogP contribution < -0.4 is 5.32 Å². The molecule has 2 atom stereocenters. The highest BCUT2D eigenvalue weighted by Crippen LogP contribution is 2.25. The molecule has 0 saturated carbocycles. The fraction of sp³-hybridized carbons (Fsp3) is 0.320. The number of rotatable bonds is 5. The summed E-state index contributed by atoms with van der Waals surface area (Å²) in [6.07, 6.45) is 5.39. The smallest absolute Gasteiger partial charge is 0.255 e. The van der Waals surface area contributed by atoms with E-state index in [9.17, 15) is 9.90 Å². The highest BCUT2D eigenvalue weighted by molar-refractivity contribution is 6.06. The summed E-state index contributed by atoms with van der Waals surface area (Å²) in [6, 6.07) is 11.9. The lowest BCUT2D eigenvalue weighted by Gasteiger charge is -2.28. The summed E-state index contributed by atoms with van der Waals surface area (Å²) in [5.41, 5.74) is 6.27. The Morgan fingerprint density at radius 3 is 2.79 bits per heavy atom. The van der Waals surface area contributed by atoms with Crippen molar-refractivity contribution in [3.8, 4) is 11.3 Å². The number of nitrogens with one attached hydrogen (secondary N) is 1. The van der Waals surface area contributed by atoms with Crippen LogP contribution in [0.4, 0.5) is 0 Å². The van der Waals surface area contributed by atoms with Crippen molar-refractivity contribution in [3.05, 3.63) is 71.7 Å². The Labute approximate surface area is 191 Å². The van der Waals surface area contributed by atoms with Crippen LogP contribution in [0.25, 0.3) is 22.3 Å². The van der Waals surface area contributed by atoms with Crippen LogP contribution in [-0.4, -0.2) is 55.7 Å². The Balaban J connectivity index is 1.43. The number of pyridine rings is 1. The van der Waals surface area contributed by atoms with Gasteiger partial charge < -0.3 is 19.7 Å². The number of ether oxygens (including phenoxy) is 1. The minimum Gasteiger partial charge on any atom is -0.389 e. The van der Waals surface area contributed by atoms with Crippen molar-refractivity contribution in [2.75, 3.05) is 13.2 Å². The molecule has 0 unspecified atom stereocenters. The van der Waals surface area contributed by atoms with E-state index in [0.29, 0.717) is 30.7 Å². The number of aryl methyl sites for hydroxylation is 2. The van der Waals surface area contributed by atoms with Gasteiger partial charge in [-0.05, 0) is 36.6 Å². The van der Waals surface area contributed by atoms with Gasteiger partial charge in [-0.15, -0.1) is 0 Å². The summed E-state index contributed by atoms with van der Waals surface area (Å²) in [5, 5.41) is 17.6. The van der Waals surface area contributed by atoms with Gasteiger partial charge in [0.05, 0.1) is 35.5 Å². The molecule has 1 amide bonds. The van der Waals surface area contributed by atoms with Gasteiger partial charge in [0.25, 0.3) is 5.91 Å². The zero-order valence-electron chi connectivity index (χ0n) is 18.7. The van der Waals surface area contributed by atoms with Crippen molar-refractivity contribution < 1.29 is 14.6 Å². The Kier molecular flexibility index (Phi) is 5.70. The molecule has 0 bridgehead atoms. The number of carbonyl (C=O) groups is 1. The van der Waals surface area contributed by atoms with Crippen molar-refractivity contribution in [2.24, 2.45) is 7.05 Å². The molecule has 3 aromatic heterocycles. The van der Waals surface area contributed by atoms with Crippen molar-refractivity contribution >= 4 is 16.9 Å². The third kappa shape index (κ3) is 4.27. The van der Waals surface area contributed by atoms with E-state index in [1.807, 2.05) is 38.5 Å². The fourth-order valence-corrected chi connectivity index (χ4v) is 4.37. The van der Waals surface area contributed by atoms with Gasteiger partial charge >= 0.3 is 0 Å². The number of aliphatic hydroxyl groups excluding tert-OH is 1. The quantitative estimate of drug-likeness (QED) is 0.493. The van der Waals surface area contributed by atoms with Crippen LogP contribution >= 0.6 is 0 Å². The maximum Gasteiger partial charge on any atom is 0.255 e. The predicted molar refractivity (Wildman–Crippen MR) is 125 cm³/mol. The molecule has 1 saturated heterocycles. The summed E-state index contributed by atoms with van der Waals surface area (Å²) in [7, 11) is 1.90. The molecule has 33 heavy (non-hydrogen) atoms. The molecule has 1 aliphatic heterocycles. The van der Waals surface area contributed by atoms with Crippen molar-refractivity contribution in [1.29, 1.82) is 0 Å². The van der Waals surface area contributed by atoms with Gasteiger partial charge in [0.15, 0.2) is 0 Å². The van der Waals surface area contributed by atoms with Gasteiger partial charge in [-0.1, -0.05) is 24.3 Å². The Bertz CT molecular complexity index is 1290. The second-order valence-electron chi connectivity index (χ2n) is 8.58. The van der Waals surface area contributed by atoms with Gasteiger partial charge in [0, 0.05) is 44.4 Å². The normalized spacial score (nSPS) is 18.5. The molecule has 170 valence electrons. The first-order valence-electron chi connectivity index (χ1n) is 11.1. The van der Waals surface area contributed by atoms with Crippen LogP contribution in [0.15, 0.2) is 55.0 Å². The molecule has 5 rings (SSSR count). The van der Waals surface area contributed by atoms with Gasteiger partial charge in [0.2, 0.25) is 0 Å². The van der Waals surface area contributed by atoms with Gasteiger partial charge in [-0.25, -0.2) is 0 Å².